The van der Waals surface area contributed by atoms with Gasteiger partial charge in [0.25, 0.3) is 0 Å². The molecule has 6 N–H and O–H groups in total. The average Bonchev–Trinajstić information content (AvgIpc) is 2.83. The Bertz CT molecular complexity index is 818. The smallest absolute Gasteiger partial charge is 0.407 e. The summed E-state index contributed by atoms with van der Waals surface area (Å²) in [5.41, 5.74) is 6.30. The topological polar surface area (TPSA) is 160 Å². The zero-order valence-corrected chi connectivity index (χ0v) is 21.6. The Morgan fingerprint density at radius 1 is 0.917 bits per heavy atom. The zero-order valence-electron chi connectivity index (χ0n) is 21.6. The van der Waals surface area contributed by atoms with Crippen LogP contribution in [-0.2, 0) is 25.5 Å². The number of carbonyl (C=O) groups excluding carboxylic acids is 3. The van der Waals surface area contributed by atoms with Crippen molar-refractivity contribution in [1.82, 2.24) is 16.0 Å². The molecule has 3 amide bonds. The molecule has 0 saturated heterocycles. The molecule has 0 spiro atoms. The first-order valence-corrected chi connectivity index (χ1v) is 12.7. The summed E-state index contributed by atoms with van der Waals surface area (Å²) in [7, 11) is 0. The van der Waals surface area contributed by atoms with Gasteiger partial charge >= 0.3 is 12.1 Å². The summed E-state index contributed by atoms with van der Waals surface area (Å²) in [5.74, 6) is -2.24. The maximum absolute atomic E-state index is 13.2. The van der Waals surface area contributed by atoms with Crippen LogP contribution in [0.15, 0.2) is 30.3 Å². The lowest BCUT2D eigenvalue weighted by Crippen LogP contribution is -2.56. The first-order valence-electron chi connectivity index (χ1n) is 12.7. The van der Waals surface area contributed by atoms with Crippen molar-refractivity contribution in [2.75, 3.05) is 13.2 Å². The largest absolute Gasteiger partial charge is 0.480 e. The molecule has 0 radical (unpaired) electrons. The molecular formula is C26H42N4O6. The molecule has 0 unspecified atom stereocenters. The number of amides is 3. The second kappa shape index (κ2) is 17.3. The first kappa shape index (κ1) is 30.9. The zero-order chi connectivity index (χ0) is 26.9. The molecule has 0 fully saturated rings. The van der Waals surface area contributed by atoms with Crippen molar-refractivity contribution in [3.05, 3.63) is 35.9 Å². The Labute approximate surface area is 213 Å². The molecule has 36 heavy (non-hydrogen) atoms. The van der Waals surface area contributed by atoms with Crippen molar-refractivity contribution >= 4 is 23.9 Å². The number of nitrogens with one attached hydrogen (secondary N) is 3. The molecule has 0 aliphatic rings. The molecule has 3 atom stereocenters. The van der Waals surface area contributed by atoms with Crippen molar-refractivity contribution in [1.29, 1.82) is 0 Å². The summed E-state index contributed by atoms with van der Waals surface area (Å²) in [4.78, 5) is 50.2. The van der Waals surface area contributed by atoms with E-state index in [1.807, 2.05) is 51.1 Å². The van der Waals surface area contributed by atoms with Gasteiger partial charge in [-0.25, -0.2) is 9.59 Å². The minimum Gasteiger partial charge on any atom is -0.480 e. The van der Waals surface area contributed by atoms with Crippen LogP contribution in [-0.4, -0.2) is 60.3 Å². The first-order chi connectivity index (χ1) is 17.2. The molecule has 0 aromatic heterocycles. The number of aliphatic carboxylic acids is 1. The van der Waals surface area contributed by atoms with Gasteiger partial charge in [-0.1, -0.05) is 57.5 Å². The van der Waals surface area contributed by atoms with E-state index < -0.39 is 42.0 Å². The van der Waals surface area contributed by atoms with Crippen molar-refractivity contribution in [3.63, 3.8) is 0 Å². The minimum atomic E-state index is -1.14. The SMILES string of the molecule is CCCCOC(=O)N[C@@H](Cc1ccccc1)C(=O)N[C@@H](CC(C)C)C(=O)N[C@@H](CCCCN)C(=O)O. The van der Waals surface area contributed by atoms with Gasteiger partial charge < -0.3 is 31.5 Å². The number of hydrogen-bond donors (Lipinski definition) is 5. The Morgan fingerprint density at radius 3 is 2.14 bits per heavy atom. The number of alkyl carbamates (subject to hydrolysis) is 1. The third-order valence-electron chi connectivity index (χ3n) is 5.52. The van der Waals surface area contributed by atoms with E-state index in [0.717, 1.165) is 12.0 Å². The third-order valence-corrected chi connectivity index (χ3v) is 5.52. The van der Waals surface area contributed by atoms with Crippen molar-refractivity contribution in [2.45, 2.75) is 83.8 Å². The molecular weight excluding hydrogens is 464 g/mol. The van der Waals surface area contributed by atoms with Crippen molar-refractivity contribution < 1.29 is 29.0 Å². The van der Waals surface area contributed by atoms with E-state index >= 15 is 0 Å². The maximum atomic E-state index is 13.2. The molecule has 10 heteroatoms. The predicted molar refractivity (Wildman–Crippen MR) is 137 cm³/mol. The van der Waals surface area contributed by atoms with Crippen LogP contribution in [0.1, 0.15) is 64.9 Å². The van der Waals surface area contributed by atoms with Crippen molar-refractivity contribution in [3.8, 4) is 0 Å². The van der Waals surface area contributed by atoms with Crippen LogP contribution in [0.5, 0.6) is 0 Å². The van der Waals surface area contributed by atoms with Gasteiger partial charge in [0.2, 0.25) is 11.8 Å². The number of carboxylic acid groups (broad SMARTS) is 1. The fourth-order valence-corrected chi connectivity index (χ4v) is 3.55. The molecule has 1 aromatic rings. The average molecular weight is 507 g/mol. The highest BCUT2D eigenvalue weighted by molar-refractivity contribution is 5.93. The van der Waals surface area contributed by atoms with E-state index in [1.165, 1.54) is 0 Å². The molecule has 0 aliphatic heterocycles. The van der Waals surface area contributed by atoms with Gasteiger partial charge in [-0.05, 0) is 50.1 Å². The fourth-order valence-electron chi connectivity index (χ4n) is 3.55. The number of unbranched alkanes of at least 4 members (excludes halogenated alkanes) is 2. The number of carboxylic acids is 1. The van der Waals surface area contributed by atoms with Crippen LogP contribution in [0.25, 0.3) is 0 Å². The van der Waals surface area contributed by atoms with E-state index in [4.69, 9.17) is 10.5 Å². The van der Waals surface area contributed by atoms with E-state index in [1.54, 1.807) is 0 Å². The predicted octanol–water partition coefficient (Wildman–Crippen LogP) is 2.35. The van der Waals surface area contributed by atoms with Crippen LogP contribution in [0.3, 0.4) is 0 Å². The van der Waals surface area contributed by atoms with E-state index in [2.05, 4.69) is 16.0 Å². The number of hydrogen-bond acceptors (Lipinski definition) is 6. The monoisotopic (exact) mass is 506 g/mol. The number of carbonyl (C=O) groups is 4. The summed E-state index contributed by atoms with van der Waals surface area (Å²) in [5, 5.41) is 17.4. The maximum Gasteiger partial charge on any atom is 0.407 e. The quantitative estimate of drug-likeness (QED) is 0.203. The fraction of sp³-hybridized carbons (Fsp3) is 0.615. The summed E-state index contributed by atoms with van der Waals surface area (Å²) < 4.78 is 5.16. The highest BCUT2D eigenvalue weighted by Crippen LogP contribution is 2.10. The Hall–Kier alpha value is -3.14. The molecule has 0 saturated carbocycles. The number of benzene rings is 1. The minimum absolute atomic E-state index is 0.0427. The lowest BCUT2D eigenvalue weighted by molar-refractivity contribution is -0.142. The highest BCUT2D eigenvalue weighted by Gasteiger charge is 2.30. The molecule has 202 valence electrons. The third kappa shape index (κ3) is 12.5. The molecule has 1 aromatic carbocycles. The standard InChI is InChI=1S/C26H42N4O6/c1-4-5-15-36-26(35)30-22(17-19-11-7-6-8-12-19)24(32)29-21(16-18(2)3)23(31)28-20(25(33)34)13-9-10-14-27/h6-8,11-12,18,20-22H,4-5,9-10,13-17,27H2,1-3H3,(H,28,31)(H,29,32)(H,30,35)(H,33,34)/t20-,21-,22-/m0/s1. The van der Waals surface area contributed by atoms with Crippen molar-refractivity contribution in [2.24, 2.45) is 11.7 Å². The Balaban J connectivity index is 2.98. The Kier molecular flexibility index (Phi) is 14.9. The molecule has 1 rings (SSSR count). The van der Waals surface area contributed by atoms with Crippen LogP contribution >= 0.6 is 0 Å². The molecule has 0 bridgehead atoms. The van der Waals surface area contributed by atoms with E-state index in [-0.39, 0.29) is 25.4 Å². The van der Waals surface area contributed by atoms with Gasteiger partial charge in [0, 0.05) is 6.42 Å². The molecule has 10 nitrogen and oxygen atoms in total. The van der Waals surface area contributed by atoms with Gasteiger partial charge in [-0.2, -0.15) is 0 Å². The molecule has 0 aliphatic carbocycles. The normalized spacial score (nSPS) is 13.4. The van der Waals surface area contributed by atoms with Crippen LogP contribution in [0.4, 0.5) is 4.79 Å². The lowest BCUT2D eigenvalue weighted by atomic mass is 10.0. The number of ether oxygens (including phenoxy) is 1. The summed E-state index contributed by atoms with van der Waals surface area (Å²) >= 11 is 0. The van der Waals surface area contributed by atoms with Gasteiger partial charge in [-0.15, -0.1) is 0 Å². The van der Waals surface area contributed by atoms with Gasteiger partial charge in [-0.3, -0.25) is 9.59 Å². The van der Waals surface area contributed by atoms with E-state index in [9.17, 15) is 24.3 Å². The second-order valence-corrected chi connectivity index (χ2v) is 9.25. The summed E-state index contributed by atoms with van der Waals surface area (Å²) in [6.45, 7) is 6.43. The summed E-state index contributed by atoms with van der Waals surface area (Å²) in [6, 6.07) is 6.14. The van der Waals surface area contributed by atoms with Gasteiger partial charge in [0.15, 0.2) is 0 Å². The van der Waals surface area contributed by atoms with Gasteiger partial charge in [0.05, 0.1) is 6.61 Å². The summed E-state index contributed by atoms with van der Waals surface area (Å²) in [6.07, 6.45) is 2.78. The van der Waals surface area contributed by atoms with Crippen LogP contribution in [0.2, 0.25) is 0 Å². The van der Waals surface area contributed by atoms with Crippen LogP contribution < -0.4 is 21.7 Å². The van der Waals surface area contributed by atoms with Crippen LogP contribution in [0, 0.1) is 5.92 Å². The Morgan fingerprint density at radius 2 is 1.56 bits per heavy atom. The highest BCUT2D eigenvalue weighted by atomic mass is 16.5. The molecule has 0 heterocycles. The number of nitrogens with two attached hydrogens (primary N) is 1. The lowest BCUT2D eigenvalue weighted by Gasteiger charge is -2.25. The van der Waals surface area contributed by atoms with E-state index in [0.29, 0.717) is 32.2 Å². The number of rotatable bonds is 17. The second-order valence-electron chi connectivity index (χ2n) is 9.25. The van der Waals surface area contributed by atoms with Gasteiger partial charge in [0.1, 0.15) is 18.1 Å².